The number of nitrogens with zero attached hydrogens (tertiary/aromatic N) is 1. The molecule has 0 aliphatic heterocycles. The molecule has 0 aromatic heterocycles. The van der Waals surface area contributed by atoms with Crippen LogP contribution in [0.1, 0.15) is 6.92 Å². The second kappa shape index (κ2) is 4.06. The van der Waals surface area contributed by atoms with Gasteiger partial charge in [0.05, 0.1) is 4.90 Å². The van der Waals surface area contributed by atoms with Crippen LogP contribution in [-0.4, -0.2) is 26.3 Å². The molecule has 0 aliphatic rings. The molecule has 0 heterocycles. The Balaban J connectivity index is 3.17. The molecule has 0 atom stereocenters. The summed E-state index contributed by atoms with van der Waals surface area (Å²) in [6.45, 7) is 2.08. The Bertz CT molecular complexity index is 417. The lowest BCUT2D eigenvalue weighted by atomic mass is 10.4. The maximum absolute atomic E-state index is 12.8. The minimum absolute atomic E-state index is 0.0122. The number of halogens is 1. The van der Waals surface area contributed by atoms with Gasteiger partial charge in [0.1, 0.15) is 5.82 Å². The van der Waals surface area contributed by atoms with Crippen molar-refractivity contribution in [3.05, 3.63) is 30.1 Å². The standard InChI is InChI=1S/C9H12FNO2S/c1-3-11(2)14(12,13)9-6-4-5-8(10)7-9/h4-7H,3H2,1-2H3. The highest BCUT2D eigenvalue weighted by Gasteiger charge is 2.19. The highest BCUT2D eigenvalue weighted by Crippen LogP contribution is 2.14. The average molecular weight is 217 g/mol. The van der Waals surface area contributed by atoms with Crippen LogP contribution in [0.4, 0.5) is 4.39 Å². The van der Waals surface area contributed by atoms with Gasteiger partial charge in [-0.3, -0.25) is 0 Å². The molecule has 0 aliphatic carbocycles. The minimum Gasteiger partial charge on any atom is -0.207 e. The van der Waals surface area contributed by atoms with Crippen LogP contribution in [0.3, 0.4) is 0 Å². The number of rotatable bonds is 3. The van der Waals surface area contributed by atoms with Gasteiger partial charge in [-0.1, -0.05) is 13.0 Å². The second-order valence-corrected chi connectivity index (χ2v) is 4.92. The first kappa shape index (κ1) is 11.1. The molecule has 5 heteroatoms. The molecule has 1 rings (SSSR count). The van der Waals surface area contributed by atoms with Gasteiger partial charge in [-0.15, -0.1) is 0 Å². The lowest BCUT2D eigenvalue weighted by molar-refractivity contribution is 0.485. The molecule has 78 valence electrons. The smallest absolute Gasteiger partial charge is 0.207 e. The normalized spacial score (nSPS) is 12.0. The largest absolute Gasteiger partial charge is 0.242 e. The van der Waals surface area contributed by atoms with Crippen molar-refractivity contribution in [2.75, 3.05) is 13.6 Å². The first-order valence-corrected chi connectivity index (χ1v) is 5.64. The highest BCUT2D eigenvalue weighted by molar-refractivity contribution is 7.89. The fourth-order valence-electron chi connectivity index (χ4n) is 0.977. The Labute approximate surface area is 83.2 Å². The summed E-state index contributed by atoms with van der Waals surface area (Å²) in [5.74, 6) is -0.546. The van der Waals surface area contributed by atoms with Gasteiger partial charge in [0.15, 0.2) is 0 Å². The van der Waals surface area contributed by atoms with Gasteiger partial charge >= 0.3 is 0 Å². The van der Waals surface area contributed by atoms with Crippen LogP contribution in [0.5, 0.6) is 0 Å². The van der Waals surface area contributed by atoms with Gasteiger partial charge < -0.3 is 0 Å². The molecule has 0 saturated heterocycles. The summed E-state index contributed by atoms with van der Waals surface area (Å²) in [6.07, 6.45) is 0. The van der Waals surface area contributed by atoms with Crippen LogP contribution < -0.4 is 0 Å². The molecular weight excluding hydrogens is 205 g/mol. The number of hydrogen-bond donors (Lipinski definition) is 0. The molecule has 0 radical (unpaired) electrons. The average Bonchev–Trinajstić information content (AvgIpc) is 2.16. The fraction of sp³-hybridized carbons (Fsp3) is 0.333. The van der Waals surface area contributed by atoms with E-state index in [4.69, 9.17) is 0 Å². The predicted molar refractivity (Wildman–Crippen MR) is 51.9 cm³/mol. The van der Waals surface area contributed by atoms with Gasteiger partial charge in [0.25, 0.3) is 0 Å². The Hall–Kier alpha value is -0.940. The molecule has 0 bridgehead atoms. The highest BCUT2D eigenvalue weighted by atomic mass is 32.2. The topological polar surface area (TPSA) is 37.4 Å². The van der Waals surface area contributed by atoms with E-state index >= 15 is 0 Å². The van der Waals surface area contributed by atoms with Crippen LogP contribution in [0.25, 0.3) is 0 Å². The lowest BCUT2D eigenvalue weighted by Crippen LogP contribution is -2.26. The van der Waals surface area contributed by atoms with E-state index < -0.39 is 15.8 Å². The Morgan fingerprint density at radius 3 is 2.57 bits per heavy atom. The predicted octanol–water partition coefficient (Wildman–Crippen LogP) is 1.47. The van der Waals surface area contributed by atoms with Gasteiger partial charge in [-0.05, 0) is 18.2 Å². The molecule has 0 amide bonds. The molecule has 0 saturated carbocycles. The molecule has 0 spiro atoms. The molecule has 0 unspecified atom stereocenters. The van der Waals surface area contributed by atoms with Gasteiger partial charge in [-0.25, -0.2) is 17.1 Å². The molecule has 14 heavy (non-hydrogen) atoms. The van der Waals surface area contributed by atoms with Gasteiger partial charge in [0.2, 0.25) is 10.0 Å². The Morgan fingerprint density at radius 1 is 1.43 bits per heavy atom. The van der Waals surface area contributed by atoms with Crippen molar-refractivity contribution in [1.29, 1.82) is 0 Å². The van der Waals surface area contributed by atoms with E-state index in [-0.39, 0.29) is 4.90 Å². The summed E-state index contributed by atoms with van der Waals surface area (Å²) < 4.78 is 37.3. The SMILES string of the molecule is CCN(C)S(=O)(=O)c1cccc(F)c1. The van der Waals surface area contributed by atoms with Gasteiger partial charge in [0, 0.05) is 13.6 Å². The summed E-state index contributed by atoms with van der Waals surface area (Å²) in [5, 5.41) is 0. The van der Waals surface area contributed by atoms with Crippen LogP contribution in [-0.2, 0) is 10.0 Å². The summed E-state index contributed by atoms with van der Waals surface area (Å²) >= 11 is 0. The van der Waals surface area contributed by atoms with E-state index in [0.29, 0.717) is 6.54 Å². The molecule has 3 nitrogen and oxygen atoms in total. The molecule has 1 aromatic carbocycles. The van der Waals surface area contributed by atoms with Crippen LogP contribution in [0.2, 0.25) is 0 Å². The molecule has 1 aromatic rings. The van der Waals surface area contributed by atoms with Crippen LogP contribution in [0, 0.1) is 5.82 Å². The van der Waals surface area contributed by atoms with Crippen molar-refractivity contribution in [1.82, 2.24) is 4.31 Å². The summed E-state index contributed by atoms with van der Waals surface area (Å²) in [5.41, 5.74) is 0. The van der Waals surface area contributed by atoms with Crippen molar-refractivity contribution in [3.63, 3.8) is 0 Å². The van der Waals surface area contributed by atoms with Gasteiger partial charge in [-0.2, -0.15) is 0 Å². The molecule has 0 fully saturated rings. The third kappa shape index (κ3) is 2.10. The van der Waals surface area contributed by atoms with E-state index in [1.165, 1.54) is 29.6 Å². The second-order valence-electron chi connectivity index (χ2n) is 2.88. The molecular formula is C9H12FNO2S. The maximum atomic E-state index is 12.8. The van der Waals surface area contributed by atoms with Crippen LogP contribution in [0.15, 0.2) is 29.2 Å². The number of hydrogen-bond acceptors (Lipinski definition) is 2. The van der Waals surface area contributed by atoms with E-state index in [0.717, 1.165) is 6.07 Å². The first-order chi connectivity index (χ1) is 6.48. The summed E-state index contributed by atoms with van der Waals surface area (Å²) in [6, 6.07) is 4.99. The Morgan fingerprint density at radius 2 is 2.07 bits per heavy atom. The number of benzene rings is 1. The third-order valence-electron chi connectivity index (χ3n) is 1.95. The first-order valence-electron chi connectivity index (χ1n) is 4.20. The van der Waals surface area contributed by atoms with E-state index in [9.17, 15) is 12.8 Å². The minimum atomic E-state index is -3.52. The van der Waals surface area contributed by atoms with Crippen molar-refractivity contribution < 1.29 is 12.8 Å². The monoisotopic (exact) mass is 217 g/mol. The van der Waals surface area contributed by atoms with Crippen molar-refractivity contribution >= 4 is 10.0 Å². The molecule has 0 N–H and O–H groups in total. The van der Waals surface area contributed by atoms with E-state index in [1.807, 2.05) is 0 Å². The zero-order chi connectivity index (χ0) is 10.8. The maximum Gasteiger partial charge on any atom is 0.242 e. The summed E-state index contributed by atoms with van der Waals surface area (Å²) in [4.78, 5) is -0.0122. The quantitative estimate of drug-likeness (QED) is 0.768. The number of sulfonamides is 1. The van der Waals surface area contributed by atoms with Crippen molar-refractivity contribution in [3.8, 4) is 0 Å². The van der Waals surface area contributed by atoms with Crippen molar-refractivity contribution in [2.24, 2.45) is 0 Å². The lowest BCUT2D eigenvalue weighted by Gasteiger charge is -2.14. The zero-order valence-electron chi connectivity index (χ0n) is 8.07. The third-order valence-corrected chi connectivity index (χ3v) is 3.88. The summed E-state index contributed by atoms with van der Waals surface area (Å²) in [7, 11) is -2.06. The zero-order valence-corrected chi connectivity index (χ0v) is 8.88. The Kier molecular flexibility index (Phi) is 3.23. The van der Waals surface area contributed by atoms with E-state index in [1.54, 1.807) is 6.92 Å². The van der Waals surface area contributed by atoms with E-state index in [2.05, 4.69) is 0 Å². The van der Waals surface area contributed by atoms with Crippen LogP contribution >= 0.6 is 0 Å². The van der Waals surface area contributed by atoms with Crippen molar-refractivity contribution in [2.45, 2.75) is 11.8 Å². The fourth-order valence-corrected chi connectivity index (χ4v) is 2.19.